The standard InChI is InChI=1S/C23H22N4O4/c1-13-22(14(2)31-26-13)18-9-15-8-16(10-21(24)28)23(29)27(19(15)11-20(18)30-3)12-17-6-4-5-7-25-17/h4-9,11H,10,12H2,1-3H3,(H2,24,28). The van der Waals surface area contributed by atoms with Crippen molar-refractivity contribution in [3.63, 3.8) is 0 Å². The predicted molar refractivity (Wildman–Crippen MR) is 116 cm³/mol. The summed E-state index contributed by atoms with van der Waals surface area (Å²) in [5.41, 5.74) is 9.16. The van der Waals surface area contributed by atoms with Gasteiger partial charge in [0.1, 0.15) is 11.5 Å². The Hall–Kier alpha value is -3.94. The zero-order valence-corrected chi connectivity index (χ0v) is 17.5. The van der Waals surface area contributed by atoms with Gasteiger partial charge in [0, 0.05) is 23.4 Å². The number of ether oxygens (including phenoxy) is 1. The highest BCUT2D eigenvalue weighted by atomic mass is 16.5. The van der Waals surface area contributed by atoms with E-state index >= 15 is 0 Å². The van der Waals surface area contributed by atoms with Crippen LogP contribution in [0.4, 0.5) is 0 Å². The lowest BCUT2D eigenvalue weighted by Gasteiger charge is -2.16. The van der Waals surface area contributed by atoms with E-state index in [1.165, 1.54) is 0 Å². The van der Waals surface area contributed by atoms with Crippen molar-refractivity contribution in [1.29, 1.82) is 0 Å². The summed E-state index contributed by atoms with van der Waals surface area (Å²) in [4.78, 5) is 29.1. The smallest absolute Gasteiger partial charge is 0.255 e. The Morgan fingerprint density at radius 1 is 1.23 bits per heavy atom. The number of hydrogen-bond acceptors (Lipinski definition) is 6. The van der Waals surface area contributed by atoms with Gasteiger partial charge in [-0.25, -0.2) is 0 Å². The average Bonchev–Trinajstić information content (AvgIpc) is 3.08. The number of aryl methyl sites for hydroxylation is 2. The van der Waals surface area contributed by atoms with Gasteiger partial charge < -0.3 is 19.6 Å². The molecule has 3 aromatic heterocycles. The van der Waals surface area contributed by atoms with E-state index in [1.807, 2.05) is 44.2 Å². The highest BCUT2D eigenvalue weighted by Crippen LogP contribution is 2.37. The molecule has 158 valence electrons. The van der Waals surface area contributed by atoms with Gasteiger partial charge in [0.05, 0.1) is 42.5 Å². The van der Waals surface area contributed by atoms with Crippen LogP contribution in [0.5, 0.6) is 5.75 Å². The van der Waals surface area contributed by atoms with Gasteiger partial charge >= 0.3 is 0 Å². The van der Waals surface area contributed by atoms with Crippen LogP contribution in [0.3, 0.4) is 0 Å². The van der Waals surface area contributed by atoms with Crippen molar-refractivity contribution in [3.8, 4) is 16.9 Å². The first kappa shape index (κ1) is 20.3. The van der Waals surface area contributed by atoms with Crippen molar-refractivity contribution >= 4 is 16.8 Å². The third-order valence-corrected chi connectivity index (χ3v) is 5.20. The minimum absolute atomic E-state index is 0.149. The topological polar surface area (TPSA) is 113 Å². The van der Waals surface area contributed by atoms with E-state index in [0.717, 1.165) is 27.9 Å². The fraction of sp³-hybridized carbons (Fsp3) is 0.217. The first-order valence-corrected chi connectivity index (χ1v) is 9.75. The largest absolute Gasteiger partial charge is 0.496 e. The zero-order valence-electron chi connectivity index (χ0n) is 17.5. The monoisotopic (exact) mass is 418 g/mol. The van der Waals surface area contributed by atoms with E-state index < -0.39 is 5.91 Å². The molecule has 4 aromatic rings. The van der Waals surface area contributed by atoms with E-state index in [1.54, 1.807) is 23.9 Å². The lowest BCUT2D eigenvalue weighted by Crippen LogP contribution is -2.28. The minimum atomic E-state index is -0.569. The second-order valence-corrected chi connectivity index (χ2v) is 7.34. The summed E-state index contributed by atoms with van der Waals surface area (Å²) in [6.45, 7) is 3.94. The van der Waals surface area contributed by atoms with Crippen LogP contribution in [0.25, 0.3) is 22.0 Å². The average molecular weight is 418 g/mol. The fourth-order valence-corrected chi connectivity index (χ4v) is 3.82. The summed E-state index contributed by atoms with van der Waals surface area (Å²) in [5.74, 6) is 0.674. The number of benzene rings is 1. The number of nitrogens with zero attached hydrogens (tertiary/aromatic N) is 3. The van der Waals surface area contributed by atoms with Gasteiger partial charge in [-0.15, -0.1) is 0 Å². The van der Waals surface area contributed by atoms with Gasteiger partial charge in [-0.05, 0) is 43.5 Å². The highest BCUT2D eigenvalue weighted by Gasteiger charge is 2.20. The van der Waals surface area contributed by atoms with Gasteiger partial charge in [0.15, 0.2) is 0 Å². The Morgan fingerprint density at radius 2 is 2.03 bits per heavy atom. The first-order valence-electron chi connectivity index (χ1n) is 9.75. The molecule has 0 bridgehead atoms. The Balaban J connectivity index is 2.01. The van der Waals surface area contributed by atoms with E-state index in [-0.39, 0.29) is 18.5 Å². The van der Waals surface area contributed by atoms with Crippen LogP contribution in [-0.2, 0) is 17.8 Å². The molecule has 0 aliphatic carbocycles. The Labute approximate surface area is 178 Å². The quantitative estimate of drug-likeness (QED) is 0.515. The van der Waals surface area contributed by atoms with Crippen LogP contribution >= 0.6 is 0 Å². The molecule has 1 aromatic carbocycles. The molecule has 0 saturated carbocycles. The van der Waals surface area contributed by atoms with E-state index in [4.69, 9.17) is 15.0 Å². The van der Waals surface area contributed by atoms with Crippen molar-refractivity contribution in [1.82, 2.24) is 14.7 Å². The molecule has 8 nitrogen and oxygen atoms in total. The minimum Gasteiger partial charge on any atom is -0.496 e. The van der Waals surface area contributed by atoms with Crippen LogP contribution in [0.1, 0.15) is 22.7 Å². The second kappa shape index (κ2) is 8.06. The summed E-state index contributed by atoms with van der Waals surface area (Å²) >= 11 is 0. The Bertz CT molecular complexity index is 1320. The molecule has 8 heteroatoms. The lowest BCUT2D eigenvalue weighted by atomic mass is 9.99. The maximum atomic E-state index is 13.2. The van der Waals surface area contributed by atoms with Crippen molar-refractivity contribution in [3.05, 3.63) is 75.7 Å². The van der Waals surface area contributed by atoms with Gasteiger partial charge in [0.2, 0.25) is 5.91 Å². The number of fused-ring (bicyclic) bond motifs is 1. The third kappa shape index (κ3) is 3.79. The Morgan fingerprint density at radius 3 is 2.65 bits per heavy atom. The van der Waals surface area contributed by atoms with Gasteiger partial charge in [-0.3, -0.25) is 14.6 Å². The molecule has 0 aliphatic heterocycles. The molecular weight excluding hydrogens is 396 g/mol. The van der Waals surface area contributed by atoms with Gasteiger partial charge in [-0.2, -0.15) is 0 Å². The van der Waals surface area contributed by atoms with Crippen molar-refractivity contribution in [2.24, 2.45) is 5.73 Å². The molecule has 0 aliphatic rings. The number of methoxy groups -OCH3 is 1. The van der Waals surface area contributed by atoms with Crippen molar-refractivity contribution < 1.29 is 14.1 Å². The van der Waals surface area contributed by atoms with Crippen LogP contribution in [0.2, 0.25) is 0 Å². The molecule has 0 unspecified atom stereocenters. The number of primary amides is 1. The van der Waals surface area contributed by atoms with Crippen molar-refractivity contribution in [2.45, 2.75) is 26.8 Å². The number of carbonyl (C=O) groups is 1. The molecule has 0 radical (unpaired) electrons. The molecule has 0 saturated heterocycles. The number of nitrogens with two attached hydrogens (primary N) is 1. The first-order chi connectivity index (χ1) is 14.9. The van der Waals surface area contributed by atoms with Crippen LogP contribution < -0.4 is 16.0 Å². The van der Waals surface area contributed by atoms with Gasteiger partial charge in [0.25, 0.3) is 5.56 Å². The SMILES string of the molecule is COc1cc2c(cc1-c1c(C)noc1C)cc(CC(N)=O)c(=O)n2Cc1ccccn1. The fourth-order valence-electron chi connectivity index (χ4n) is 3.82. The number of amides is 1. The second-order valence-electron chi connectivity index (χ2n) is 7.34. The molecule has 31 heavy (non-hydrogen) atoms. The summed E-state index contributed by atoms with van der Waals surface area (Å²) in [7, 11) is 1.57. The van der Waals surface area contributed by atoms with E-state index in [2.05, 4.69) is 10.1 Å². The number of rotatable bonds is 6. The van der Waals surface area contributed by atoms with Crippen LogP contribution in [0, 0.1) is 13.8 Å². The summed E-state index contributed by atoms with van der Waals surface area (Å²) in [6.07, 6.45) is 1.52. The lowest BCUT2D eigenvalue weighted by molar-refractivity contribution is -0.117. The zero-order chi connectivity index (χ0) is 22.1. The van der Waals surface area contributed by atoms with Crippen LogP contribution in [-0.4, -0.2) is 27.7 Å². The van der Waals surface area contributed by atoms with E-state index in [0.29, 0.717) is 22.6 Å². The molecular formula is C23H22N4O4. The normalized spacial score (nSPS) is 11.1. The predicted octanol–water partition coefficient (Wildman–Crippen LogP) is 2.75. The van der Waals surface area contributed by atoms with Gasteiger partial charge in [-0.1, -0.05) is 11.2 Å². The molecule has 1 amide bonds. The van der Waals surface area contributed by atoms with Crippen molar-refractivity contribution in [2.75, 3.05) is 7.11 Å². The van der Waals surface area contributed by atoms with E-state index in [9.17, 15) is 9.59 Å². The molecule has 0 atom stereocenters. The molecule has 2 N–H and O–H groups in total. The number of aromatic nitrogens is 3. The number of pyridine rings is 2. The summed E-state index contributed by atoms with van der Waals surface area (Å²) in [6, 6.07) is 11.0. The third-order valence-electron chi connectivity index (χ3n) is 5.20. The maximum absolute atomic E-state index is 13.2. The van der Waals surface area contributed by atoms with Crippen LogP contribution in [0.15, 0.2) is 51.9 Å². The number of hydrogen-bond donors (Lipinski definition) is 1. The maximum Gasteiger partial charge on any atom is 0.255 e. The summed E-state index contributed by atoms with van der Waals surface area (Å²) < 4.78 is 12.6. The highest BCUT2D eigenvalue weighted by molar-refractivity contribution is 5.90. The summed E-state index contributed by atoms with van der Waals surface area (Å²) in [5, 5.41) is 4.80. The molecule has 4 rings (SSSR count). The molecule has 3 heterocycles. The number of carbonyl (C=O) groups excluding carboxylic acids is 1. The molecule has 0 fully saturated rings. The Kier molecular flexibility index (Phi) is 5.29. The molecule has 0 spiro atoms.